The quantitative estimate of drug-likeness (QED) is 0.716. The monoisotopic (exact) mass is 207 g/mol. The molecule has 0 N–H and O–H groups in total. The van der Waals surface area contributed by atoms with Gasteiger partial charge in [0.15, 0.2) is 0 Å². The summed E-state index contributed by atoms with van der Waals surface area (Å²) in [4.78, 5) is 4.38. The average molecular weight is 207 g/mol. The van der Waals surface area contributed by atoms with Crippen LogP contribution in [0.1, 0.15) is 19.8 Å². The van der Waals surface area contributed by atoms with Gasteiger partial charge in [0.25, 0.3) is 5.19 Å². The second-order valence-corrected chi connectivity index (χ2v) is 4.14. The molecule has 0 aliphatic heterocycles. The molecule has 1 aromatic heterocycles. The van der Waals surface area contributed by atoms with Gasteiger partial charge in [-0.1, -0.05) is 36.8 Å². The highest BCUT2D eigenvalue weighted by Crippen LogP contribution is 2.27. The molecule has 3 heteroatoms. The van der Waals surface area contributed by atoms with Gasteiger partial charge >= 0.3 is 0 Å². The van der Waals surface area contributed by atoms with Crippen molar-refractivity contribution < 1.29 is 4.74 Å². The summed E-state index contributed by atoms with van der Waals surface area (Å²) in [6.45, 7) is 2.93. The third-order valence-electron chi connectivity index (χ3n) is 2.00. The standard InChI is InChI=1S/C11H13NOS/c1-2-3-8-13-11-12-9-6-4-5-7-10(9)14-11/h4-7H,2-3,8H2,1H3. The number of unbranched alkanes of at least 4 members (excludes halogenated alkanes) is 1. The van der Waals surface area contributed by atoms with Crippen molar-refractivity contribution in [3.63, 3.8) is 0 Å². The molecule has 0 atom stereocenters. The average Bonchev–Trinajstić information content (AvgIpc) is 2.60. The van der Waals surface area contributed by atoms with Crippen LogP contribution in [0.4, 0.5) is 0 Å². The Morgan fingerprint density at radius 2 is 2.21 bits per heavy atom. The van der Waals surface area contributed by atoms with Crippen molar-refractivity contribution in [2.45, 2.75) is 19.8 Å². The second-order valence-electron chi connectivity index (χ2n) is 3.15. The van der Waals surface area contributed by atoms with Gasteiger partial charge in [-0.2, -0.15) is 0 Å². The smallest absolute Gasteiger partial charge is 0.274 e. The fraction of sp³-hybridized carbons (Fsp3) is 0.364. The van der Waals surface area contributed by atoms with Crippen LogP contribution in [0.25, 0.3) is 10.2 Å². The van der Waals surface area contributed by atoms with E-state index in [1.807, 2.05) is 18.2 Å². The lowest BCUT2D eigenvalue weighted by molar-refractivity contribution is 0.308. The highest BCUT2D eigenvalue weighted by Gasteiger charge is 2.02. The molecule has 74 valence electrons. The van der Waals surface area contributed by atoms with Crippen LogP contribution in [0.2, 0.25) is 0 Å². The minimum Gasteiger partial charge on any atom is -0.470 e. The van der Waals surface area contributed by atoms with Crippen LogP contribution in [-0.4, -0.2) is 11.6 Å². The Bertz CT molecular complexity index is 377. The Morgan fingerprint density at radius 3 is 3.00 bits per heavy atom. The summed E-state index contributed by atoms with van der Waals surface area (Å²) in [6, 6.07) is 8.10. The first-order valence-electron chi connectivity index (χ1n) is 4.88. The van der Waals surface area contributed by atoms with Crippen LogP contribution in [-0.2, 0) is 0 Å². The molecule has 2 rings (SSSR count). The molecule has 0 aliphatic rings. The van der Waals surface area contributed by atoms with Gasteiger partial charge in [-0.25, -0.2) is 4.98 Å². The van der Waals surface area contributed by atoms with Crippen molar-refractivity contribution in [2.24, 2.45) is 0 Å². The molecule has 0 spiro atoms. The highest BCUT2D eigenvalue weighted by atomic mass is 32.1. The van der Waals surface area contributed by atoms with Crippen LogP contribution < -0.4 is 4.74 Å². The minimum atomic E-state index is 0.774. The molecule has 2 aromatic rings. The van der Waals surface area contributed by atoms with E-state index in [1.54, 1.807) is 11.3 Å². The maximum absolute atomic E-state index is 5.54. The Balaban J connectivity index is 2.11. The number of hydrogen-bond acceptors (Lipinski definition) is 3. The predicted octanol–water partition coefficient (Wildman–Crippen LogP) is 3.48. The third-order valence-corrected chi connectivity index (χ3v) is 2.95. The van der Waals surface area contributed by atoms with E-state index in [4.69, 9.17) is 4.74 Å². The van der Waals surface area contributed by atoms with Gasteiger partial charge in [0.2, 0.25) is 0 Å². The first-order chi connectivity index (χ1) is 6.90. The van der Waals surface area contributed by atoms with Gasteiger partial charge in [0, 0.05) is 0 Å². The summed E-state index contributed by atoms with van der Waals surface area (Å²) in [6.07, 6.45) is 2.25. The van der Waals surface area contributed by atoms with Gasteiger partial charge in [0.1, 0.15) is 0 Å². The van der Waals surface area contributed by atoms with Crippen molar-refractivity contribution in [2.75, 3.05) is 6.61 Å². The predicted molar refractivity (Wildman–Crippen MR) is 60.0 cm³/mol. The molecule has 0 aliphatic carbocycles. The lowest BCUT2D eigenvalue weighted by Gasteiger charge is -1.98. The van der Waals surface area contributed by atoms with Gasteiger partial charge < -0.3 is 4.74 Å². The summed E-state index contributed by atoms with van der Waals surface area (Å²) in [5.74, 6) is 0. The number of ether oxygens (including phenoxy) is 1. The first-order valence-corrected chi connectivity index (χ1v) is 5.70. The molecule has 0 bridgehead atoms. The number of aromatic nitrogens is 1. The van der Waals surface area contributed by atoms with Crippen molar-refractivity contribution in [3.05, 3.63) is 24.3 Å². The van der Waals surface area contributed by atoms with Crippen molar-refractivity contribution >= 4 is 21.6 Å². The number of hydrogen-bond donors (Lipinski definition) is 0. The number of nitrogens with zero attached hydrogens (tertiary/aromatic N) is 1. The van der Waals surface area contributed by atoms with E-state index >= 15 is 0 Å². The number of thiazole rings is 1. The lowest BCUT2D eigenvalue weighted by Crippen LogP contribution is -1.95. The zero-order chi connectivity index (χ0) is 9.80. The fourth-order valence-corrected chi connectivity index (χ4v) is 2.06. The SMILES string of the molecule is CCCCOc1nc2ccccc2s1. The maximum Gasteiger partial charge on any atom is 0.274 e. The molecule has 0 saturated heterocycles. The zero-order valence-electron chi connectivity index (χ0n) is 8.19. The van der Waals surface area contributed by atoms with E-state index in [9.17, 15) is 0 Å². The van der Waals surface area contributed by atoms with Gasteiger partial charge in [-0.15, -0.1) is 0 Å². The summed E-state index contributed by atoms with van der Waals surface area (Å²) in [5.41, 5.74) is 1.03. The molecule has 0 radical (unpaired) electrons. The number of benzene rings is 1. The Hall–Kier alpha value is -1.09. The number of para-hydroxylation sites is 1. The molecule has 0 amide bonds. The van der Waals surface area contributed by atoms with E-state index in [1.165, 1.54) is 4.70 Å². The third kappa shape index (κ3) is 2.04. The molecular weight excluding hydrogens is 194 g/mol. The van der Waals surface area contributed by atoms with E-state index in [2.05, 4.69) is 18.0 Å². The summed E-state index contributed by atoms with van der Waals surface area (Å²) < 4.78 is 6.73. The Kier molecular flexibility index (Phi) is 2.99. The fourth-order valence-electron chi connectivity index (χ4n) is 1.22. The second kappa shape index (κ2) is 4.42. The number of fused-ring (bicyclic) bond motifs is 1. The Labute approximate surface area is 87.5 Å². The molecule has 0 unspecified atom stereocenters. The van der Waals surface area contributed by atoms with Gasteiger partial charge in [-0.05, 0) is 18.6 Å². The van der Waals surface area contributed by atoms with Gasteiger partial charge in [0.05, 0.1) is 16.8 Å². The molecular formula is C11H13NOS. The topological polar surface area (TPSA) is 22.1 Å². The summed E-state index contributed by atoms with van der Waals surface area (Å²) >= 11 is 1.61. The van der Waals surface area contributed by atoms with Crippen LogP contribution in [0, 0.1) is 0 Å². The van der Waals surface area contributed by atoms with Crippen molar-refractivity contribution in [1.29, 1.82) is 0 Å². The van der Waals surface area contributed by atoms with Crippen molar-refractivity contribution in [1.82, 2.24) is 4.98 Å². The van der Waals surface area contributed by atoms with Gasteiger partial charge in [-0.3, -0.25) is 0 Å². The molecule has 0 fully saturated rings. The summed E-state index contributed by atoms with van der Waals surface area (Å²) in [5, 5.41) is 0.791. The first kappa shape index (κ1) is 9.46. The number of rotatable bonds is 4. The largest absolute Gasteiger partial charge is 0.470 e. The van der Waals surface area contributed by atoms with E-state index < -0.39 is 0 Å². The molecule has 1 aromatic carbocycles. The Morgan fingerprint density at radius 1 is 1.36 bits per heavy atom. The normalized spacial score (nSPS) is 10.6. The van der Waals surface area contributed by atoms with E-state index in [-0.39, 0.29) is 0 Å². The van der Waals surface area contributed by atoms with Crippen LogP contribution in [0.3, 0.4) is 0 Å². The van der Waals surface area contributed by atoms with Crippen molar-refractivity contribution in [3.8, 4) is 5.19 Å². The highest BCUT2D eigenvalue weighted by molar-refractivity contribution is 7.20. The minimum absolute atomic E-state index is 0.774. The molecule has 0 saturated carbocycles. The maximum atomic E-state index is 5.54. The molecule has 2 nitrogen and oxygen atoms in total. The zero-order valence-corrected chi connectivity index (χ0v) is 9.01. The molecule has 1 heterocycles. The van der Waals surface area contributed by atoms with Crippen LogP contribution >= 0.6 is 11.3 Å². The summed E-state index contributed by atoms with van der Waals surface area (Å²) in [7, 11) is 0. The molecule has 14 heavy (non-hydrogen) atoms. The van der Waals surface area contributed by atoms with E-state index in [0.717, 1.165) is 30.2 Å². The van der Waals surface area contributed by atoms with Crippen LogP contribution in [0.15, 0.2) is 24.3 Å². The van der Waals surface area contributed by atoms with Crippen LogP contribution in [0.5, 0.6) is 5.19 Å². The lowest BCUT2D eigenvalue weighted by atomic mass is 10.3. The van der Waals surface area contributed by atoms with E-state index in [0.29, 0.717) is 0 Å².